The average Bonchev–Trinajstić information content (AvgIpc) is 2.32. The largest absolute Gasteiger partial charge is 0.481 e. The van der Waals surface area contributed by atoms with Gasteiger partial charge in [-0.2, -0.15) is 0 Å². The van der Waals surface area contributed by atoms with E-state index in [0.29, 0.717) is 6.42 Å². The van der Waals surface area contributed by atoms with Crippen LogP contribution in [0.4, 0.5) is 4.79 Å². The highest BCUT2D eigenvalue weighted by Crippen LogP contribution is 2.09. The normalized spacial score (nSPS) is 11.6. The molecule has 0 aliphatic heterocycles. The molecule has 0 aromatic heterocycles. The molecule has 0 bridgehead atoms. The fourth-order valence-electron chi connectivity index (χ4n) is 1.65. The molecular formula is C13H23NO4. The van der Waals surface area contributed by atoms with E-state index in [1.54, 1.807) is 0 Å². The van der Waals surface area contributed by atoms with Crippen LogP contribution in [0.1, 0.15) is 45.4 Å². The van der Waals surface area contributed by atoms with Gasteiger partial charge in [-0.3, -0.25) is 4.79 Å². The molecule has 1 unspecified atom stereocenters. The van der Waals surface area contributed by atoms with Gasteiger partial charge in [-0.1, -0.05) is 32.4 Å². The Hall–Kier alpha value is -1.52. The average molecular weight is 257 g/mol. The number of hydrogen-bond acceptors (Lipinski definition) is 3. The summed E-state index contributed by atoms with van der Waals surface area (Å²) in [6.07, 6.45) is 5.30. The summed E-state index contributed by atoms with van der Waals surface area (Å²) < 4.78 is 4.85. The number of carboxylic acids is 1. The van der Waals surface area contributed by atoms with E-state index in [1.807, 2.05) is 6.92 Å². The minimum absolute atomic E-state index is 0.0566. The second kappa shape index (κ2) is 10.6. The van der Waals surface area contributed by atoms with E-state index in [9.17, 15) is 9.59 Å². The highest BCUT2D eigenvalue weighted by molar-refractivity contribution is 5.67. The minimum Gasteiger partial charge on any atom is -0.481 e. The van der Waals surface area contributed by atoms with Crippen LogP contribution in [0.25, 0.3) is 0 Å². The molecule has 2 N–H and O–H groups in total. The van der Waals surface area contributed by atoms with Gasteiger partial charge in [-0.15, -0.1) is 0 Å². The lowest BCUT2D eigenvalue weighted by molar-refractivity contribution is -0.137. The first-order valence-electron chi connectivity index (χ1n) is 6.36. The zero-order valence-corrected chi connectivity index (χ0v) is 11.0. The van der Waals surface area contributed by atoms with Crippen molar-refractivity contribution in [2.45, 2.75) is 51.5 Å². The summed E-state index contributed by atoms with van der Waals surface area (Å²) in [6.45, 7) is 5.71. The summed E-state index contributed by atoms with van der Waals surface area (Å²) in [5.74, 6) is -0.777. The molecule has 5 heteroatoms. The number of aliphatic carboxylic acids is 1. The van der Waals surface area contributed by atoms with Crippen molar-refractivity contribution in [3.05, 3.63) is 12.7 Å². The van der Waals surface area contributed by atoms with Gasteiger partial charge in [0.2, 0.25) is 0 Å². The molecule has 18 heavy (non-hydrogen) atoms. The van der Waals surface area contributed by atoms with E-state index >= 15 is 0 Å². The Morgan fingerprint density at radius 3 is 2.67 bits per heavy atom. The van der Waals surface area contributed by atoms with Gasteiger partial charge in [0.05, 0.1) is 0 Å². The number of carbonyl (C=O) groups is 2. The molecule has 0 radical (unpaired) electrons. The van der Waals surface area contributed by atoms with E-state index in [0.717, 1.165) is 25.7 Å². The molecule has 1 atom stereocenters. The van der Waals surface area contributed by atoms with Crippen molar-refractivity contribution in [1.29, 1.82) is 0 Å². The molecule has 0 saturated heterocycles. The lowest BCUT2D eigenvalue weighted by atomic mass is 10.0. The SMILES string of the molecule is C=CCOC(=O)NC(CCC)CCCCC(=O)O. The minimum atomic E-state index is -0.777. The third-order valence-electron chi connectivity index (χ3n) is 2.48. The number of amides is 1. The first kappa shape index (κ1) is 16.5. The molecule has 0 aliphatic rings. The molecule has 0 fully saturated rings. The van der Waals surface area contributed by atoms with E-state index < -0.39 is 12.1 Å². The molecular weight excluding hydrogens is 234 g/mol. The summed E-state index contributed by atoms with van der Waals surface area (Å²) >= 11 is 0. The predicted octanol–water partition coefficient (Wildman–Crippen LogP) is 2.71. The van der Waals surface area contributed by atoms with Crippen molar-refractivity contribution >= 4 is 12.1 Å². The zero-order chi connectivity index (χ0) is 13.8. The quantitative estimate of drug-likeness (QED) is 0.466. The van der Waals surface area contributed by atoms with Crippen molar-refractivity contribution in [2.24, 2.45) is 0 Å². The van der Waals surface area contributed by atoms with Crippen LogP contribution < -0.4 is 5.32 Å². The van der Waals surface area contributed by atoms with Gasteiger partial charge in [0, 0.05) is 12.5 Å². The van der Waals surface area contributed by atoms with Gasteiger partial charge in [-0.25, -0.2) is 4.79 Å². The maximum Gasteiger partial charge on any atom is 0.407 e. The van der Waals surface area contributed by atoms with Crippen molar-refractivity contribution in [3.63, 3.8) is 0 Å². The van der Waals surface area contributed by atoms with E-state index in [-0.39, 0.29) is 19.1 Å². The molecule has 0 aromatic rings. The number of carbonyl (C=O) groups excluding carboxylic acids is 1. The van der Waals surface area contributed by atoms with Crippen molar-refractivity contribution in [1.82, 2.24) is 5.32 Å². The fourth-order valence-corrected chi connectivity index (χ4v) is 1.65. The Labute approximate surface area is 108 Å². The molecule has 104 valence electrons. The summed E-state index contributed by atoms with van der Waals surface area (Å²) in [4.78, 5) is 21.7. The predicted molar refractivity (Wildman–Crippen MR) is 69.5 cm³/mol. The van der Waals surface area contributed by atoms with Gasteiger partial charge >= 0.3 is 12.1 Å². The number of rotatable bonds is 10. The second-order valence-corrected chi connectivity index (χ2v) is 4.16. The van der Waals surface area contributed by atoms with Crippen LogP contribution in [0.3, 0.4) is 0 Å². The smallest absolute Gasteiger partial charge is 0.407 e. The molecule has 0 rings (SSSR count). The first-order valence-corrected chi connectivity index (χ1v) is 6.36. The molecule has 1 amide bonds. The Bertz CT molecular complexity index is 266. The van der Waals surface area contributed by atoms with Gasteiger partial charge in [0.1, 0.15) is 6.61 Å². The van der Waals surface area contributed by atoms with Crippen LogP contribution >= 0.6 is 0 Å². The molecule has 0 heterocycles. The van der Waals surface area contributed by atoms with Crippen molar-refractivity contribution in [3.8, 4) is 0 Å². The van der Waals surface area contributed by atoms with E-state index in [4.69, 9.17) is 9.84 Å². The van der Waals surface area contributed by atoms with Crippen LogP contribution in [0, 0.1) is 0 Å². The zero-order valence-electron chi connectivity index (χ0n) is 11.0. The Morgan fingerprint density at radius 2 is 2.11 bits per heavy atom. The van der Waals surface area contributed by atoms with E-state index in [1.165, 1.54) is 6.08 Å². The van der Waals surface area contributed by atoms with Gasteiger partial charge in [0.15, 0.2) is 0 Å². The monoisotopic (exact) mass is 257 g/mol. The standard InChI is InChI=1S/C13H23NO4/c1-3-7-11(8-5-6-9-12(15)16)14-13(17)18-10-4-2/h4,11H,2-3,5-10H2,1H3,(H,14,17)(H,15,16). The molecule has 0 aromatic carbocycles. The highest BCUT2D eigenvalue weighted by Gasteiger charge is 2.12. The van der Waals surface area contributed by atoms with Crippen LogP contribution in [-0.4, -0.2) is 29.8 Å². The lowest BCUT2D eigenvalue weighted by Gasteiger charge is -2.17. The topological polar surface area (TPSA) is 75.6 Å². The number of ether oxygens (including phenoxy) is 1. The summed E-state index contributed by atoms with van der Waals surface area (Å²) in [5.41, 5.74) is 0. The van der Waals surface area contributed by atoms with Crippen LogP contribution in [-0.2, 0) is 9.53 Å². The third kappa shape index (κ3) is 9.69. The van der Waals surface area contributed by atoms with Gasteiger partial charge < -0.3 is 15.2 Å². The molecule has 0 aliphatic carbocycles. The number of unbranched alkanes of at least 4 members (excludes halogenated alkanes) is 1. The van der Waals surface area contributed by atoms with Crippen molar-refractivity contribution < 1.29 is 19.4 Å². The number of carboxylic acid groups (broad SMARTS) is 1. The van der Waals surface area contributed by atoms with Crippen LogP contribution in [0.15, 0.2) is 12.7 Å². The Kier molecular flexibility index (Phi) is 9.73. The molecule has 0 saturated carbocycles. The van der Waals surface area contributed by atoms with Crippen molar-refractivity contribution in [2.75, 3.05) is 6.61 Å². The summed E-state index contributed by atoms with van der Waals surface area (Å²) in [7, 11) is 0. The number of alkyl carbamates (subject to hydrolysis) is 1. The number of hydrogen-bond donors (Lipinski definition) is 2. The van der Waals surface area contributed by atoms with E-state index in [2.05, 4.69) is 11.9 Å². The maximum absolute atomic E-state index is 11.4. The van der Waals surface area contributed by atoms with Gasteiger partial charge in [-0.05, 0) is 19.3 Å². The van der Waals surface area contributed by atoms with Gasteiger partial charge in [0.25, 0.3) is 0 Å². The summed E-state index contributed by atoms with van der Waals surface area (Å²) in [6, 6.07) is 0.0566. The Balaban J connectivity index is 3.86. The fraction of sp³-hybridized carbons (Fsp3) is 0.692. The number of nitrogens with one attached hydrogen (secondary N) is 1. The maximum atomic E-state index is 11.4. The molecule has 5 nitrogen and oxygen atoms in total. The second-order valence-electron chi connectivity index (χ2n) is 4.16. The van der Waals surface area contributed by atoms with Crippen LogP contribution in [0.5, 0.6) is 0 Å². The highest BCUT2D eigenvalue weighted by atomic mass is 16.5. The Morgan fingerprint density at radius 1 is 1.39 bits per heavy atom. The lowest BCUT2D eigenvalue weighted by Crippen LogP contribution is -2.35. The summed E-state index contributed by atoms with van der Waals surface area (Å²) in [5, 5.41) is 11.3. The van der Waals surface area contributed by atoms with Crippen LogP contribution in [0.2, 0.25) is 0 Å². The first-order chi connectivity index (χ1) is 8.60. The molecule has 0 spiro atoms. The third-order valence-corrected chi connectivity index (χ3v) is 2.48.